The van der Waals surface area contributed by atoms with Gasteiger partial charge in [-0.25, -0.2) is 9.13 Å². The number of para-hydroxylation sites is 1. The number of hydrogen-bond acceptors (Lipinski definition) is 2. The fourth-order valence-electron chi connectivity index (χ4n) is 3.54. The average molecular weight is 437 g/mol. The van der Waals surface area contributed by atoms with Gasteiger partial charge in [-0.3, -0.25) is 4.99 Å². The Balaban J connectivity index is 0.00000225. The molecule has 1 aromatic heterocycles. The second-order valence-electron chi connectivity index (χ2n) is 6.73. The number of benzene rings is 2. The zero-order valence-corrected chi connectivity index (χ0v) is 17.7. The normalized spacial score (nSPS) is 13.3. The van der Waals surface area contributed by atoms with Crippen LogP contribution >= 0.6 is 35.6 Å². The monoisotopic (exact) mass is 435 g/mol. The van der Waals surface area contributed by atoms with Crippen LogP contribution in [-0.2, 0) is 19.5 Å². The Morgan fingerprint density at radius 3 is 2.71 bits per heavy atom. The SMILES string of the molecule is Cc1ccccc1N=C([O-])C[n+]1cc(-c2ccc(Cl)c(Cl)c2)n2c1CCC2.Cl. The standard InChI is InChI=1S/C21H19Cl2N3O.ClH/c1-14-5-2-3-6-18(14)24-20(27)13-25-12-19(26-10-4-7-21(25)26)15-8-9-16(22)17(23)11-15;/h2-3,5-6,8-9,11-12H,4,7,10,13H2,1H3;1H. The van der Waals surface area contributed by atoms with Crippen LogP contribution in [0.4, 0.5) is 5.69 Å². The minimum absolute atomic E-state index is 0. The van der Waals surface area contributed by atoms with Gasteiger partial charge in [-0.15, -0.1) is 12.4 Å². The van der Waals surface area contributed by atoms with Crippen molar-refractivity contribution >= 4 is 47.2 Å². The average Bonchev–Trinajstić information content (AvgIpc) is 3.23. The van der Waals surface area contributed by atoms with Crippen LogP contribution in [0.2, 0.25) is 10.0 Å². The van der Waals surface area contributed by atoms with Crippen molar-refractivity contribution in [3.8, 4) is 11.3 Å². The molecule has 0 amide bonds. The molecule has 1 aliphatic heterocycles. The van der Waals surface area contributed by atoms with Crippen molar-refractivity contribution in [3.63, 3.8) is 0 Å². The zero-order chi connectivity index (χ0) is 19.0. The number of hydrogen-bond donors (Lipinski definition) is 0. The van der Waals surface area contributed by atoms with Crippen LogP contribution in [-0.4, -0.2) is 10.5 Å². The van der Waals surface area contributed by atoms with Crippen LogP contribution in [0.25, 0.3) is 11.3 Å². The molecule has 2 aromatic carbocycles. The van der Waals surface area contributed by atoms with Gasteiger partial charge in [-0.1, -0.05) is 41.4 Å². The molecule has 3 aromatic rings. The largest absolute Gasteiger partial charge is 0.859 e. The first-order valence-electron chi connectivity index (χ1n) is 8.90. The lowest BCUT2D eigenvalue weighted by Crippen LogP contribution is -2.43. The highest BCUT2D eigenvalue weighted by Crippen LogP contribution is 2.30. The molecule has 7 heteroatoms. The maximum absolute atomic E-state index is 12.5. The van der Waals surface area contributed by atoms with Crippen LogP contribution < -0.4 is 9.67 Å². The summed E-state index contributed by atoms with van der Waals surface area (Å²) in [5.41, 5.74) is 3.76. The van der Waals surface area contributed by atoms with E-state index in [1.807, 2.05) is 54.1 Å². The number of aryl methyl sites for hydroxylation is 1. The van der Waals surface area contributed by atoms with Gasteiger partial charge in [0.25, 0.3) is 5.82 Å². The Kier molecular flexibility index (Phi) is 6.33. The van der Waals surface area contributed by atoms with Crippen LogP contribution in [0.1, 0.15) is 17.8 Å². The smallest absolute Gasteiger partial charge is 0.257 e. The molecule has 0 saturated carbocycles. The van der Waals surface area contributed by atoms with Gasteiger partial charge in [0.15, 0.2) is 5.69 Å². The van der Waals surface area contributed by atoms with Crippen molar-refractivity contribution in [2.45, 2.75) is 32.9 Å². The van der Waals surface area contributed by atoms with Gasteiger partial charge in [-0.2, -0.15) is 0 Å². The highest BCUT2D eigenvalue weighted by molar-refractivity contribution is 6.42. The summed E-state index contributed by atoms with van der Waals surface area (Å²) in [6.07, 6.45) is 4.02. The Labute approximate surface area is 180 Å². The van der Waals surface area contributed by atoms with Crippen molar-refractivity contribution in [1.82, 2.24) is 4.57 Å². The molecule has 0 aliphatic carbocycles. The second kappa shape index (κ2) is 8.56. The summed E-state index contributed by atoms with van der Waals surface area (Å²) < 4.78 is 4.26. The molecule has 4 rings (SSSR count). The predicted molar refractivity (Wildman–Crippen MR) is 114 cm³/mol. The number of aromatic nitrogens is 2. The van der Waals surface area contributed by atoms with Crippen molar-refractivity contribution in [2.24, 2.45) is 4.99 Å². The van der Waals surface area contributed by atoms with Crippen LogP contribution in [0.15, 0.2) is 53.7 Å². The maximum atomic E-state index is 12.5. The van der Waals surface area contributed by atoms with Crippen molar-refractivity contribution < 1.29 is 9.67 Å². The summed E-state index contributed by atoms with van der Waals surface area (Å²) in [4.78, 5) is 4.28. The lowest BCUT2D eigenvalue weighted by Gasteiger charge is -2.10. The van der Waals surface area contributed by atoms with Crippen LogP contribution in [0.5, 0.6) is 0 Å². The molecule has 0 spiro atoms. The second-order valence-corrected chi connectivity index (χ2v) is 7.55. The summed E-state index contributed by atoms with van der Waals surface area (Å²) in [6, 6.07) is 13.3. The van der Waals surface area contributed by atoms with E-state index >= 15 is 0 Å². The molecule has 146 valence electrons. The van der Waals surface area contributed by atoms with Crippen molar-refractivity contribution in [1.29, 1.82) is 0 Å². The lowest BCUT2D eigenvalue weighted by atomic mass is 10.1. The molecule has 0 N–H and O–H groups in total. The minimum atomic E-state index is -0.157. The molecule has 28 heavy (non-hydrogen) atoms. The number of halogens is 3. The van der Waals surface area contributed by atoms with E-state index < -0.39 is 0 Å². The first kappa shape index (κ1) is 20.7. The van der Waals surface area contributed by atoms with E-state index in [0.717, 1.165) is 47.7 Å². The number of imidazole rings is 1. The van der Waals surface area contributed by atoms with E-state index in [1.165, 1.54) is 0 Å². The first-order chi connectivity index (χ1) is 13.0. The van der Waals surface area contributed by atoms with Crippen molar-refractivity contribution in [3.05, 3.63) is 70.1 Å². The molecule has 4 nitrogen and oxygen atoms in total. The number of rotatable bonds is 4. The van der Waals surface area contributed by atoms with Gasteiger partial charge in [0, 0.05) is 11.5 Å². The van der Waals surface area contributed by atoms with Crippen LogP contribution in [0.3, 0.4) is 0 Å². The van der Waals surface area contributed by atoms with Crippen molar-refractivity contribution in [2.75, 3.05) is 0 Å². The van der Waals surface area contributed by atoms with Gasteiger partial charge in [0.05, 0.1) is 28.7 Å². The van der Waals surface area contributed by atoms with E-state index in [-0.39, 0.29) is 24.8 Å². The zero-order valence-electron chi connectivity index (χ0n) is 15.4. The first-order valence-corrected chi connectivity index (χ1v) is 9.66. The summed E-state index contributed by atoms with van der Waals surface area (Å²) in [5, 5.41) is 13.6. The third-order valence-electron chi connectivity index (χ3n) is 4.88. The van der Waals surface area contributed by atoms with E-state index in [0.29, 0.717) is 10.0 Å². The van der Waals surface area contributed by atoms with E-state index in [2.05, 4.69) is 9.56 Å². The minimum Gasteiger partial charge on any atom is -0.859 e. The Bertz CT molecular complexity index is 1040. The number of aliphatic imine (C=N–C) groups is 1. The van der Waals surface area contributed by atoms with E-state index in [1.54, 1.807) is 6.07 Å². The summed E-state index contributed by atoms with van der Waals surface area (Å²) in [5.74, 6) is 0.986. The quantitative estimate of drug-likeness (QED) is 0.337. The molecule has 0 fully saturated rings. The predicted octanol–water partition coefficient (Wildman–Crippen LogP) is 4.52. The van der Waals surface area contributed by atoms with Gasteiger partial charge < -0.3 is 5.11 Å². The lowest BCUT2D eigenvalue weighted by molar-refractivity contribution is -0.693. The Morgan fingerprint density at radius 1 is 1.18 bits per heavy atom. The molecule has 0 saturated heterocycles. The topological polar surface area (TPSA) is 44.2 Å². The summed E-state index contributed by atoms with van der Waals surface area (Å²) >= 11 is 12.2. The van der Waals surface area contributed by atoms with Gasteiger partial charge in [0.2, 0.25) is 0 Å². The Hall–Kier alpha value is -2.01. The molecule has 0 bridgehead atoms. The Morgan fingerprint density at radius 2 is 1.96 bits per heavy atom. The molecule has 0 unspecified atom stereocenters. The van der Waals surface area contributed by atoms with Gasteiger partial charge in [0.1, 0.15) is 12.7 Å². The molecular weight excluding hydrogens is 417 g/mol. The van der Waals surface area contributed by atoms with E-state index in [9.17, 15) is 5.11 Å². The molecule has 0 radical (unpaired) electrons. The number of nitrogens with zero attached hydrogens (tertiary/aromatic N) is 3. The summed E-state index contributed by atoms with van der Waals surface area (Å²) in [7, 11) is 0. The van der Waals surface area contributed by atoms with E-state index in [4.69, 9.17) is 23.2 Å². The third-order valence-corrected chi connectivity index (χ3v) is 5.61. The molecule has 2 heterocycles. The third kappa shape index (κ3) is 4.04. The molecule has 1 aliphatic rings. The summed E-state index contributed by atoms with van der Waals surface area (Å²) in [6.45, 7) is 3.11. The maximum Gasteiger partial charge on any atom is 0.257 e. The molecular formula is C21H20Cl3N3O. The molecule has 0 atom stereocenters. The van der Waals surface area contributed by atoms with Crippen LogP contribution in [0, 0.1) is 6.92 Å². The highest BCUT2D eigenvalue weighted by atomic mass is 35.5. The van der Waals surface area contributed by atoms with Gasteiger partial charge in [-0.05, 0) is 43.2 Å². The van der Waals surface area contributed by atoms with Gasteiger partial charge >= 0.3 is 0 Å². The fraction of sp³-hybridized carbons (Fsp3) is 0.238. The fourth-order valence-corrected chi connectivity index (χ4v) is 3.83. The highest BCUT2D eigenvalue weighted by Gasteiger charge is 2.28. The number of fused-ring (bicyclic) bond motifs is 1.